The van der Waals surface area contributed by atoms with Gasteiger partial charge in [-0.2, -0.15) is 0 Å². The molecule has 0 saturated heterocycles. The van der Waals surface area contributed by atoms with Crippen LogP contribution in [0.2, 0.25) is 5.02 Å². The molecule has 2 rings (SSSR count). The van der Waals surface area contributed by atoms with E-state index in [9.17, 15) is 0 Å². The van der Waals surface area contributed by atoms with E-state index in [0.717, 1.165) is 5.02 Å². The monoisotopic (exact) mass is 294 g/mol. The molecule has 0 N–H and O–H groups in total. The standard InChI is InChI=1S/C15H17ClP2/c1-17(2)14-10-6-7-11-15(14)18(3)13-9-5-4-8-12(13)16/h4-11H,1-3H3. The van der Waals surface area contributed by atoms with Crippen LogP contribution in [0.1, 0.15) is 0 Å². The van der Waals surface area contributed by atoms with Gasteiger partial charge in [0.25, 0.3) is 0 Å². The lowest BCUT2D eigenvalue weighted by Crippen LogP contribution is -2.24. The second-order valence-electron chi connectivity index (χ2n) is 4.39. The van der Waals surface area contributed by atoms with E-state index in [4.69, 9.17) is 11.6 Å². The van der Waals surface area contributed by atoms with Crippen LogP contribution in [0, 0.1) is 0 Å². The van der Waals surface area contributed by atoms with Gasteiger partial charge in [0.05, 0.1) is 0 Å². The van der Waals surface area contributed by atoms with Crippen molar-refractivity contribution in [1.82, 2.24) is 0 Å². The molecule has 0 aliphatic carbocycles. The van der Waals surface area contributed by atoms with Crippen LogP contribution in [0.25, 0.3) is 0 Å². The highest BCUT2D eigenvalue weighted by molar-refractivity contribution is 7.75. The Balaban J connectivity index is 2.46. The van der Waals surface area contributed by atoms with Gasteiger partial charge in [0.2, 0.25) is 0 Å². The number of rotatable bonds is 3. The van der Waals surface area contributed by atoms with Crippen molar-refractivity contribution in [3.63, 3.8) is 0 Å². The predicted molar refractivity (Wildman–Crippen MR) is 88.4 cm³/mol. The number of hydrogen-bond donors (Lipinski definition) is 0. The Labute approximate surface area is 117 Å². The SMILES string of the molecule is CP(C)c1ccccc1P(C)c1ccccc1Cl. The van der Waals surface area contributed by atoms with Crippen molar-refractivity contribution >= 4 is 43.4 Å². The van der Waals surface area contributed by atoms with Gasteiger partial charge in [0.15, 0.2) is 0 Å². The molecule has 0 radical (unpaired) electrons. The third-order valence-electron chi connectivity index (χ3n) is 2.94. The van der Waals surface area contributed by atoms with Crippen LogP contribution in [-0.4, -0.2) is 20.0 Å². The molecule has 2 aromatic rings. The summed E-state index contributed by atoms with van der Waals surface area (Å²) in [4.78, 5) is 0. The predicted octanol–water partition coefficient (Wildman–Crippen LogP) is 3.77. The Morgan fingerprint density at radius 2 is 1.22 bits per heavy atom. The van der Waals surface area contributed by atoms with Crippen molar-refractivity contribution in [1.29, 1.82) is 0 Å². The van der Waals surface area contributed by atoms with Gasteiger partial charge in [0, 0.05) is 5.02 Å². The maximum atomic E-state index is 6.32. The van der Waals surface area contributed by atoms with Gasteiger partial charge in [-0.1, -0.05) is 62.0 Å². The van der Waals surface area contributed by atoms with Gasteiger partial charge >= 0.3 is 0 Å². The van der Waals surface area contributed by atoms with E-state index in [0.29, 0.717) is 0 Å². The molecule has 3 heteroatoms. The lowest BCUT2D eigenvalue weighted by molar-refractivity contribution is 1.76. The molecule has 0 nitrogen and oxygen atoms in total. The molecule has 0 fully saturated rings. The van der Waals surface area contributed by atoms with Crippen molar-refractivity contribution in [3.8, 4) is 0 Å². The summed E-state index contributed by atoms with van der Waals surface area (Å²) in [6.45, 7) is 6.92. The van der Waals surface area contributed by atoms with E-state index in [1.54, 1.807) is 0 Å². The molecule has 2 aromatic carbocycles. The number of hydrogen-bond acceptors (Lipinski definition) is 0. The average molecular weight is 295 g/mol. The summed E-state index contributed by atoms with van der Waals surface area (Å²) in [5, 5.41) is 5.13. The van der Waals surface area contributed by atoms with Crippen molar-refractivity contribution in [2.45, 2.75) is 0 Å². The second-order valence-corrected chi connectivity index (χ2v) is 9.15. The number of halogens is 1. The molecular formula is C15H17ClP2. The second kappa shape index (κ2) is 6.16. The van der Waals surface area contributed by atoms with E-state index in [2.05, 4.69) is 56.4 Å². The molecule has 0 aliphatic rings. The molecule has 0 aromatic heterocycles. The molecule has 0 heterocycles. The maximum absolute atomic E-state index is 6.32. The Morgan fingerprint density at radius 1 is 0.722 bits per heavy atom. The normalized spacial score (nSPS) is 12.7. The van der Waals surface area contributed by atoms with Crippen LogP contribution >= 0.6 is 27.4 Å². The molecule has 94 valence electrons. The fourth-order valence-corrected chi connectivity index (χ4v) is 6.15. The largest absolute Gasteiger partial charge is 0.0836 e. The van der Waals surface area contributed by atoms with Gasteiger partial charge in [-0.25, -0.2) is 0 Å². The average Bonchev–Trinajstić information content (AvgIpc) is 2.38. The van der Waals surface area contributed by atoms with Gasteiger partial charge in [-0.05, 0) is 49.9 Å². The highest BCUT2D eigenvalue weighted by Gasteiger charge is 2.15. The molecule has 1 unspecified atom stereocenters. The summed E-state index contributed by atoms with van der Waals surface area (Å²) in [7, 11) is -0.436. The quantitative estimate of drug-likeness (QED) is 0.756. The lowest BCUT2D eigenvalue weighted by atomic mass is 10.4. The highest BCUT2D eigenvalue weighted by Crippen LogP contribution is 2.34. The zero-order chi connectivity index (χ0) is 13.1. The van der Waals surface area contributed by atoms with Gasteiger partial charge < -0.3 is 0 Å². The van der Waals surface area contributed by atoms with Gasteiger partial charge in [-0.3, -0.25) is 0 Å². The summed E-state index contributed by atoms with van der Waals surface area (Å²) in [5.74, 6) is 0. The fraction of sp³-hybridized carbons (Fsp3) is 0.200. The van der Waals surface area contributed by atoms with Crippen LogP contribution in [0.3, 0.4) is 0 Å². The molecule has 0 amide bonds. The van der Waals surface area contributed by atoms with Crippen LogP contribution in [0.5, 0.6) is 0 Å². The minimum Gasteiger partial charge on any atom is -0.0836 e. The van der Waals surface area contributed by atoms with E-state index < -0.39 is 0 Å². The summed E-state index contributed by atoms with van der Waals surface area (Å²) in [6, 6.07) is 17.0. The molecule has 18 heavy (non-hydrogen) atoms. The first-order valence-corrected chi connectivity index (χ1v) is 10.3. The summed E-state index contributed by atoms with van der Waals surface area (Å²) >= 11 is 6.32. The molecule has 0 bridgehead atoms. The van der Waals surface area contributed by atoms with E-state index in [1.165, 1.54) is 15.9 Å². The lowest BCUT2D eigenvalue weighted by Gasteiger charge is -2.20. The molecule has 1 atom stereocenters. The first-order valence-electron chi connectivity index (χ1n) is 5.86. The van der Waals surface area contributed by atoms with Crippen molar-refractivity contribution in [3.05, 3.63) is 53.6 Å². The van der Waals surface area contributed by atoms with E-state index in [1.807, 2.05) is 12.1 Å². The summed E-state index contributed by atoms with van der Waals surface area (Å²) < 4.78 is 0. The van der Waals surface area contributed by atoms with Crippen molar-refractivity contribution in [2.24, 2.45) is 0 Å². The third kappa shape index (κ3) is 2.94. The molecule has 0 aliphatic heterocycles. The Kier molecular flexibility index (Phi) is 4.79. The minimum atomic E-state index is -0.361. The molecular weight excluding hydrogens is 278 g/mol. The van der Waals surface area contributed by atoms with Crippen LogP contribution in [-0.2, 0) is 0 Å². The Hall–Kier alpha value is -0.410. The van der Waals surface area contributed by atoms with E-state index in [-0.39, 0.29) is 15.8 Å². The van der Waals surface area contributed by atoms with Crippen LogP contribution in [0.15, 0.2) is 48.5 Å². The zero-order valence-corrected chi connectivity index (χ0v) is 13.4. The minimum absolute atomic E-state index is 0.0757. The van der Waals surface area contributed by atoms with Crippen molar-refractivity contribution < 1.29 is 0 Å². The number of benzene rings is 2. The fourth-order valence-electron chi connectivity index (χ4n) is 1.98. The Bertz CT molecular complexity index is 538. The third-order valence-corrected chi connectivity index (χ3v) is 7.16. The summed E-state index contributed by atoms with van der Waals surface area (Å²) in [6.07, 6.45) is 0. The smallest absolute Gasteiger partial charge is 0.0486 e. The van der Waals surface area contributed by atoms with Crippen LogP contribution < -0.4 is 15.9 Å². The highest BCUT2D eigenvalue weighted by atomic mass is 35.5. The zero-order valence-electron chi connectivity index (χ0n) is 10.9. The first-order chi connectivity index (χ1) is 8.61. The first kappa shape index (κ1) is 14.0. The van der Waals surface area contributed by atoms with Crippen LogP contribution in [0.4, 0.5) is 0 Å². The van der Waals surface area contributed by atoms with Gasteiger partial charge in [-0.15, -0.1) is 0 Å². The van der Waals surface area contributed by atoms with E-state index >= 15 is 0 Å². The Morgan fingerprint density at radius 3 is 1.78 bits per heavy atom. The van der Waals surface area contributed by atoms with Crippen molar-refractivity contribution in [2.75, 3.05) is 20.0 Å². The maximum Gasteiger partial charge on any atom is 0.0486 e. The topological polar surface area (TPSA) is 0 Å². The molecule has 0 spiro atoms. The molecule has 0 saturated carbocycles. The van der Waals surface area contributed by atoms with Gasteiger partial charge in [0.1, 0.15) is 0 Å². The summed E-state index contributed by atoms with van der Waals surface area (Å²) in [5.41, 5.74) is 0.